The summed E-state index contributed by atoms with van der Waals surface area (Å²) >= 11 is 11.8. The van der Waals surface area contributed by atoms with Crippen molar-refractivity contribution < 1.29 is 13.2 Å². The normalized spacial score (nSPS) is 15.0. The smallest absolute Gasteiger partial charge is 0.262 e. The molecule has 0 bridgehead atoms. The lowest BCUT2D eigenvalue weighted by Crippen LogP contribution is -2.32. The number of carbonyl (C=O) groups excluding carboxylic acids is 1. The number of rotatable bonds is 5. The largest absolute Gasteiger partial charge is 0.339 e. The van der Waals surface area contributed by atoms with Gasteiger partial charge in [-0.15, -0.1) is 0 Å². The maximum Gasteiger partial charge on any atom is 0.262 e. The van der Waals surface area contributed by atoms with Crippen LogP contribution in [0, 0.1) is 5.92 Å². The molecule has 1 fully saturated rings. The monoisotopic (exact) mass is 369 g/mol. The van der Waals surface area contributed by atoms with Crippen LogP contribution in [0.1, 0.15) is 30.1 Å². The zero-order valence-corrected chi connectivity index (χ0v) is 14.4. The van der Waals surface area contributed by atoms with E-state index in [1.54, 1.807) is 4.90 Å². The third-order valence-electron chi connectivity index (χ3n) is 3.35. The van der Waals surface area contributed by atoms with Crippen LogP contribution in [0.5, 0.6) is 0 Å². The van der Waals surface area contributed by atoms with Gasteiger partial charge in [0.2, 0.25) is 0 Å². The first-order valence-corrected chi connectivity index (χ1v) is 9.53. The fraction of sp³-hybridized carbons (Fsp3) is 0.462. The molecule has 1 aliphatic carbocycles. The van der Waals surface area contributed by atoms with Crippen LogP contribution in [0.25, 0.3) is 0 Å². The molecule has 2 rings (SSSR count). The Balaban J connectivity index is 2.38. The fourth-order valence-electron chi connectivity index (χ4n) is 2.02. The Morgan fingerprint density at radius 3 is 2.43 bits per heavy atom. The second-order valence-corrected chi connectivity index (χ2v) is 8.31. The Morgan fingerprint density at radius 2 is 1.95 bits per heavy atom. The molecule has 0 heterocycles. The first kappa shape index (κ1) is 16.9. The number of amides is 1. The Kier molecular flexibility index (Phi) is 5.08. The van der Waals surface area contributed by atoms with Crippen LogP contribution < -0.4 is 0 Å². The number of carbonyl (C=O) groups is 1. The predicted octanol–water partition coefficient (Wildman–Crippen LogP) is 3.79. The number of nitrogens with zero attached hydrogens (tertiary/aromatic N) is 1. The highest BCUT2D eigenvalue weighted by Gasteiger charge is 2.28. The van der Waals surface area contributed by atoms with Crippen LogP contribution >= 0.6 is 33.9 Å². The lowest BCUT2D eigenvalue weighted by molar-refractivity contribution is 0.0756. The summed E-state index contributed by atoms with van der Waals surface area (Å²) in [5.41, 5.74) is 0.172. The van der Waals surface area contributed by atoms with Crippen molar-refractivity contribution in [3.8, 4) is 0 Å². The van der Waals surface area contributed by atoms with Gasteiger partial charge in [-0.25, -0.2) is 8.42 Å². The zero-order valence-electron chi connectivity index (χ0n) is 11.3. The summed E-state index contributed by atoms with van der Waals surface area (Å²) in [5.74, 6) is 0.262. The summed E-state index contributed by atoms with van der Waals surface area (Å²) in [4.78, 5) is 13.8. The molecule has 8 heteroatoms. The van der Waals surface area contributed by atoms with Crippen molar-refractivity contribution in [2.75, 3.05) is 13.1 Å². The molecule has 1 aromatic carbocycles. The van der Waals surface area contributed by atoms with Crippen molar-refractivity contribution >= 4 is 48.8 Å². The van der Waals surface area contributed by atoms with Gasteiger partial charge >= 0.3 is 0 Å². The number of benzene rings is 1. The summed E-state index contributed by atoms with van der Waals surface area (Å²) < 4.78 is 23.0. The van der Waals surface area contributed by atoms with Crippen LogP contribution in [0.15, 0.2) is 17.0 Å². The third-order valence-corrected chi connectivity index (χ3v) is 5.61. The lowest BCUT2D eigenvalue weighted by atomic mass is 10.2. The van der Waals surface area contributed by atoms with E-state index in [9.17, 15) is 13.2 Å². The first-order valence-electron chi connectivity index (χ1n) is 6.47. The average molecular weight is 371 g/mol. The highest BCUT2D eigenvalue weighted by molar-refractivity contribution is 8.13. The average Bonchev–Trinajstić information content (AvgIpc) is 3.20. The van der Waals surface area contributed by atoms with Gasteiger partial charge < -0.3 is 4.90 Å². The summed E-state index contributed by atoms with van der Waals surface area (Å²) in [5, 5.41) is -0.183. The summed E-state index contributed by atoms with van der Waals surface area (Å²) in [6.07, 6.45) is 2.24. The van der Waals surface area contributed by atoms with Crippen LogP contribution in [-0.4, -0.2) is 32.3 Å². The molecular weight excluding hydrogens is 357 g/mol. The van der Waals surface area contributed by atoms with Crippen molar-refractivity contribution in [2.24, 2.45) is 5.92 Å². The fourth-order valence-corrected chi connectivity index (χ4v) is 3.78. The highest BCUT2D eigenvalue weighted by atomic mass is 35.7. The molecule has 1 amide bonds. The second-order valence-electron chi connectivity index (χ2n) is 5.00. The SMILES string of the molecule is CCN(CC1CC1)C(=O)c1cc(Cl)c(Cl)c(S(=O)(=O)Cl)c1. The van der Waals surface area contributed by atoms with Crippen LogP contribution in [0.2, 0.25) is 10.0 Å². The van der Waals surface area contributed by atoms with Gasteiger partial charge in [0.05, 0.1) is 10.0 Å². The molecule has 0 aliphatic heterocycles. The van der Waals surface area contributed by atoms with E-state index in [1.165, 1.54) is 12.1 Å². The van der Waals surface area contributed by atoms with Gasteiger partial charge in [-0.3, -0.25) is 4.79 Å². The van der Waals surface area contributed by atoms with E-state index in [-0.39, 0.29) is 26.4 Å². The highest BCUT2D eigenvalue weighted by Crippen LogP contribution is 2.34. The minimum Gasteiger partial charge on any atom is -0.339 e. The van der Waals surface area contributed by atoms with Gasteiger partial charge in [-0.1, -0.05) is 23.2 Å². The number of hydrogen-bond acceptors (Lipinski definition) is 3. The molecule has 0 radical (unpaired) electrons. The third kappa shape index (κ3) is 4.03. The molecule has 1 saturated carbocycles. The minimum atomic E-state index is -4.07. The predicted molar refractivity (Wildman–Crippen MR) is 83.8 cm³/mol. The molecule has 4 nitrogen and oxygen atoms in total. The van der Waals surface area contributed by atoms with E-state index in [2.05, 4.69) is 0 Å². The van der Waals surface area contributed by atoms with Gasteiger partial charge in [-0.2, -0.15) is 0 Å². The Bertz CT molecular complexity index is 671. The van der Waals surface area contributed by atoms with Crippen molar-refractivity contribution in [3.63, 3.8) is 0 Å². The Hall–Kier alpha value is -0.490. The lowest BCUT2D eigenvalue weighted by Gasteiger charge is -2.21. The van der Waals surface area contributed by atoms with Crippen molar-refractivity contribution in [1.29, 1.82) is 0 Å². The Morgan fingerprint density at radius 1 is 1.33 bits per heavy atom. The van der Waals surface area contributed by atoms with Gasteiger partial charge in [0.15, 0.2) is 0 Å². The molecule has 1 aliphatic rings. The molecule has 0 aromatic heterocycles. The standard InChI is InChI=1S/C13H14Cl3NO3S/c1-2-17(7-8-3-4-8)13(18)9-5-10(14)12(15)11(6-9)21(16,19)20/h5-6,8H,2-4,7H2,1H3. The van der Waals surface area contributed by atoms with E-state index in [4.69, 9.17) is 33.9 Å². The van der Waals surface area contributed by atoms with Crippen molar-refractivity contribution in [3.05, 3.63) is 27.7 Å². The molecule has 116 valence electrons. The first-order chi connectivity index (χ1) is 9.74. The number of hydrogen-bond donors (Lipinski definition) is 0. The quantitative estimate of drug-likeness (QED) is 0.741. The molecule has 0 N–H and O–H groups in total. The molecule has 0 unspecified atom stereocenters. The van der Waals surface area contributed by atoms with Gasteiger partial charge in [0, 0.05) is 29.3 Å². The number of halogens is 3. The second kappa shape index (κ2) is 6.32. The molecular formula is C13H14Cl3NO3S. The van der Waals surface area contributed by atoms with E-state index in [0.29, 0.717) is 19.0 Å². The summed E-state index contributed by atoms with van der Waals surface area (Å²) in [7, 11) is 1.25. The molecule has 0 spiro atoms. The van der Waals surface area contributed by atoms with Crippen LogP contribution in [0.4, 0.5) is 0 Å². The van der Waals surface area contributed by atoms with Crippen molar-refractivity contribution in [1.82, 2.24) is 4.90 Å². The molecule has 0 atom stereocenters. The van der Waals surface area contributed by atoms with E-state index in [0.717, 1.165) is 12.8 Å². The molecule has 0 saturated heterocycles. The summed E-state index contributed by atoms with van der Waals surface area (Å²) in [6.45, 7) is 3.08. The Labute approximate surface area is 138 Å². The maximum absolute atomic E-state index is 12.5. The van der Waals surface area contributed by atoms with Crippen LogP contribution in [-0.2, 0) is 9.05 Å². The molecule has 21 heavy (non-hydrogen) atoms. The minimum absolute atomic E-state index is 0.00998. The van der Waals surface area contributed by atoms with E-state index in [1.807, 2.05) is 6.92 Å². The topological polar surface area (TPSA) is 54.5 Å². The summed E-state index contributed by atoms with van der Waals surface area (Å²) in [6, 6.07) is 2.54. The van der Waals surface area contributed by atoms with Gasteiger partial charge in [-0.05, 0) is 37.8 Å². The van der Waals surface area contributed by atoms with E-state index < -0.39 is 9.05 Å². The zero-order chi connectivity index (χ0) is 15.8. The van der Waals surface area contributed by atoms with Crippen LogP contribution in [0.3, 0.4) is 0 Å². The van der Waals surface area contributed by atoms with Gasteiger partial charge in [0.25, 0.3) is 15.0 Å². The maximum atomic E-state index is 12.5. The van der Waals surface area contributed by atoms with E-state index >= 15 is 0 Å². The van der Waals surface area contributed by atoms with Crippen molar-refractivity contribution in [2.45, 2.75) is 24.7 Å². The van der Waals surface area contributed by atoms with Gasteiger partial charge in [0.1, 0.15) is 4.90 Å². The molecule has 1 aromatic rings.